The van der Waals surface area contributed by atoms with Crippen LogP contribution in [0.1, 0.15) is 0 Å². The van der Waals surface area contributed by atoms with E-state index in [0.29, 0.717) is 0 Å². The highest BCUT2D eigenvalue weighted by atomic mass is 16.3. The van der Waals surface area contributed by atoms with E-state index in [9.17, 15) is 5.11 Å². The molecule has 60 valence electrons. The first-order valence-corrected chi connectivity index (χ1v) is 3.73. The van der Waals surface area contributed by atoms with Gasteiger partial charge in [0, 0.05) is 11.4 Å². The van der Waals surface area contributed by atoms with Crippen molar-refractivity contribution in [2.24, 2.45) is 0 Å². The van der Waals surface area contributed by atoms with Crippen molar-refractivity contribution < 1.29 is 5.11 Å². The second kappa shape index (κ2) is 2.41. The maximum atomic E-state index is 9.44. The van der Waals surface area contributed by atoms with Gasteiger partial charge in [0.1, 0.15) is 5.75 Å². The van der Waals surface area contributed by atoms with Gasteiger partial charge in [0.2, 0.25) is 0 Å². The van der Waals surface area contributed by atoms with E-state index >= 15 is 0 Å². The number of fused-ring (bicyclic) bond motifs is 1. The van der Waals surface area contributed by atoms with E-state index in [1.807, 2.05) is 12.2 Å². The molecule has 2 heteroatoms. The van der Waals surface area contributed by atoms with Gasteiger partial charge >= 0.3 is 0 Å². The zero-order valence-electron chi connectivity index (χ0n) is 6.54. The van der Waals surface area contributed by atoms with E-state index in [1.165, 1.54) is 0 Å². The minimum absolute atomic E-state index is 0.262. The zero-order valence-corrected chi connectivity index (χ0v) is 6.54. The van der Waals surface area contributed by atoms with E-state index in [0.717, 1.165) is 16.1 Å². The first-order valence-electron chi connectivity index (χ1n) is 3.73. The highest BCUT2D eigenvalue weighted by Crippen LogP contribution is 2.16. The number of phenolic OH excluding ortho intramolecular Hbond substituents is 1. The number of benzene rings is 1. The molecule has 2 N–H and O–H groups in total. The van der Waals surface area contributed by atoms with Crippen LogP contribution in [0.4, 0.5) is 5.69 Å². The van der Waals surface area contributed by atoms with Crippen LogP contribution in [0.3, 0.4) is 0 Å². The quantitative estimate of drug-likeness (QED) is 0.541. The van der Waals surface area contributed by atoms with Crippen molar-refractivity contribution in [2.45, 2.75) is 0 Å². The maximum absolute atomic E-state index is 9.44. The van der Waals surface area contributed by atoms with Gasteiger partial charge in [-0.3, -0.25) is 0 Å². The van der Waals surface area contributed by atoms with Crippen LogP contribution < -0.4 is 15.8 Å². The van der Waals surface area contributed by atoms with Crippen molar-refractivity contribution in [1.82, 2.24) is 0 Å². The van der Waals surface area contributed by atoms with Gasteiger partial charge in [-0.15, -0.1) is 0 Å². The second-order valence-corrected chi connectivity index (χ2v) is 2.70. The van der Waals surface area contributed by atoms with Crippen molar-refractivity contribution in [3.05, 3.63) is 34.8 Å². The molecule has 0 aromatic heterocycles. The normalized spacial score (nSPS) is 13.0. The van der Waals surface area contributed by atoms with Crippen LogP contribution in [0, 0.1) is 0 Å². The van der Waals surface area contributed by atoms with Gasteiger partial charge in [-0.25, -0.2) is 0 Å². The lowest BCUT2D eigenvalue weighted by Gasteiger charge is -2.08. The number of anilines is 1. The molecule has 12 heavy (non-hydrogen) atoms. The van der Waals surface area contributed by atoms with Gasteiger partial charge in [0.05, 0.1) is 5.69 Å². The lowest BCUT2D eigenvalue weighted by Crippen LogP contribution is -2.26. The summed E-state index contributed by atoms with van der Waals surface area (Å²) in [5.74, 6) is 0.262. The SMILES string of the molecule is C=c1ccc(O)c2c1=CC=CN2. The molecule has 0 bridgehead atoms. The van der Waals surface area contributed by atoms with Crippen LogP contribution in [0.25, 0.3) is 12.7 Å². The summed E-state index contributed by atoms with van der Waals surface area (Å²) in [5, 5.41) is 14.3. The summed E-state index contributed by atoms with van der Waals surface area (Å²) >= 11 is 0. The third kappa shape index (κ3) is 0.889. The van der Waals surface area contributed by atoms with E-state index in [1.54, 1.807) is 18.3 Å². The first kappa shape index (κ1) is 6.98. The summed E-state index contributed by atoms with van der Waals surface area (Å²) in [5.41, 5.74) is 0.741. The number of hydrogen-bond acceptors (Lipinski definition) is 2. The molecule has 0 aliphatic carbocycles. The molecule has 2 rings (SSSR count). The molecule has 1 aliphatic heterocycles. The lowest BCUT2D eigenvalue weighted by molar-refractivity contribution is 0.477. The lowest BCUT2D eigenvalue weighted by atomic mass is 10.1. The molecular formula is C10H9NO. The highest BCUT2D eigenvalue weighted by molar-refractivity contribution is 5.65. The van der Waals surface area contributed by atoms with Crippen molar-refractivity contribution >= 4 is 18.3 Å². The molecule has 1 aromatic rings. The number of phenols is 1. The van der Waals surface area contributed by atoms with E-state index in [4.69, 9.17) is 0 Å². The standard InChI is InChI=1S/C10H9NO/c1-7-4-5-9(12)10-8(7)3-2-6-11-10/h2-6,11-12H,1H2. The predicted octanol–water partition coefficient (Wildman–Crippen LogP) is 0.522. The summed E-state index contributed by atoms with van der Waals surface area (Å²) in [6, 6.07) is 3.44. The van der Waals surface area contributed by atoms with Gasteiger partial charge in [-0.05, 0) is 17.4 Å². The summed E-state index contributed by atoms with van der Waals surface area (Å²) in [6.07, 6.45) is 5.59. The molecule has 1 aromatic carbocycles. The minimum atomic E-state index is 0.262. The first-order chi connectivity index (χ1) is 5.79. The molecule has 0 spiro atoms. The molecule has 1 heterocycles. The average Bonchev–Trinajstić information content (AvgIpc) is 2.12. The monoisotopic (exact) mass is 159 g/mol. The molecule has 2 nitrogen and oxygen atoms in total. The third-order valence-electron chi connectivity index (χ3n) is 1.90. The van der Waals surface area contributed by atoms with Gasteiger partial charge in [0.25, 0.3) is 0 Å². The largest absolute Gasteiger partial charge is 0.506 e. The van der Waals surface area contributed by atoms with Crippen LogP contribution >= 0.6 is 0 Å². The topological polar surface area (TPSA) is 32.3 Å². The Labute approximate surface area is 70.2 Å². The molecule has 0 unspecified atom stereocenters. The van der Waals surface area contributed by atoms with Gasteiger partial charge in [-0.2, -0.15) is 0 Å². The number of allylic oxidation sites excluding steroid dienone is 1. The number of aromatic hydroxyl groups is 1. The van der Waals surface area contributed by atoms with E-state index < -0.39 is 0 Å². The third-order valence-corrected chi connectivity index (χ3v) is 1.90. The smallest absolute Gasteiger partial charge is 0.139 e. The minimum Gasteiger partial charge on any atom is -0.506 e. The molecule has 0 saturated heterocycles. The second-order valence-electron chi connectivity index (χ2n) is 2.70. The average molecular weight is 159 g/mol. The van der Waals surface area contributed by atoms with Crippen molar-refractivity contribution in [1.29, 1.82) is 0 Å². The number of nitrogens with one attached hydrogen (secondary N) is 1. The zero-order chi connectivity index (χ0) is 8.55. The van der Waals surface area contributed by atoms with Gasteiger partial charge in [-0.1, -0.05) is 18.7 Å². The Hall–Kier alpha value is -1.70. The molecule has 0 fully saturated rings. The van der Waals surface area contributed by atoms with Crippen molar-refractivity contribution in [3.8, 4) is 5.75 Å². The summed E-state index contributed by atoms with van der Waals surface area (Å²) in [4.78, 5) is 0. The Kier molecular flexibility index (Phi) is 1.40. The fraction of sp³-hybridized carbons (Fsp3) is 0. The Bertz CT molecular complexity index is 446. The Morgan fingerprint density at radius 2 is 2.17 bits per heavy atom. The number of hydrogen-bond donors (Lipinski definition) is 2. The van der Waals surface area contributed by atoms with Crippen LogP contribution in [0.5, 0.6) is 5.75 Å². The Balaban J connectivity index is 2.90. The van der Waals surface area contributed by atoms with Crippen LogP contribution in [0.15, 0.2) is 24.4 Å². The molecule has 0 amide bonds. The van der Waals surface area contributed by atoms with Gasteiger partial charge in [0.15, 0.2) is 0 Å². The van der Waals surface area contributed by atoms with Crippen LogP contribution in [-0.2, 0) is 0 Å². The van der Waals surface area contributed by atoms with E-state index in [2.05, 4.69) is 11.9 Å². The Morgan fingerprint density at radius 3 is 2.92 bits per heavy atom. The van der Waals surface area contributed by atoms with Crippen LogP contribution in [-0.4, -0.2) is 5.11 Å². The highest BCUT2D eigenvalue weighted by Gasteiger charge is 2.02. The molecule has 0 saturated carbocycles. The Morgan fingerprint density at radius 1 is 1.33 bits per heavy atom. The summed E-state index contributed by atoms with van der Waals surface area (Å²) in [6.45, 7) is 3.86. The fourth-order valence-corrected chi connectivity index (χ4v) is 1.27. The number of rotatable bonds is 0. The van der Waals surface area contributed by atoms with E-state index in [-0.39, 0.29) is 5.75 Å². The van der Waals surface area contributed by atoms with Crippen molar-refractivity contribution in [2.75, 3.05) is 5.32 Å². The fourth-order valence-electron chi connectivity index (χ4n) is 1.27. The predicted molar refractivity (Wildman–Crippen MR) is 50.1 cm³/mol. The summed E-state index contributed by atoms with van der Waals surface area (Å²) in [7, 11) is 0. The molecular weight excluding hydrogens is 150 g/mol. The summed E-state index contributed by atoms with van der Waals surface area (Å²) < 4.78 is 0. The van der Waals surface area contributed by atoms with Crippen molar-refractivity contribution in [3.63, 3.8) is 0 Å². The maximum Gasteiger partial charge on any atom is 0.139 e. The molecule has 0 radical (unpaired) electrons. The molecule has 1 aliphatic rings. The van der Waals surface area contributed by atoms with Gasteiger partial charge < -0.3 is 10.4 Å². The molecule has 0 atom stereocenters. The van der Waals surface area contributed by atoms with Crippen LogP contribution in [0.2, 0.25) is 0 Å².